The normalized spacial score (nSPS) is 24.9. The topological polar surface area (TPSA) is 0 Å². The van der Waals surface area contributed by atoms with Gasteiger partial charge in [-0.15, -0.1) is 0 Å². The van der Waals surface area contributed by atoms with Gasteiger partial charge in [0.25, 0.3) is 0 Å². The van der Waals surface area contributed by atoms with Gasteiger partial charge in [0, 0.05) is 0 Å². The average Bonchev–Trinajstić information content (AvgIpc) is 2.22. The summed E-state index contributed by atoms with van der Waals surface area (Å²) in [5.74, 6) is 1.37. The van der Waals surface area contributed by atoms with Gasteiger partial charge in [-0.05, 0) is 30.3 Å². The van der Waals surface area contributed by atoms with Crippen LogP contribution in [-0.4, -0.2) is 12.0 Å². The van der Waals surface area contributed by atoms with E-state index in [9.17, 15) is 0 Å². The Bertz CT molecular complexity index is 64.6. The highest BCUT2D eigenvalue weighted by Gasteiger charge is 2.36. The van der Waals surface area contributed by atoms with Crippen LogP contribution in [0.5, 0.6) is 0 Å². The van der Waals surface area contributed by atoms with Crippen molar-refractivity contribution in [1.29, 1.82) is 0 Å². The van der Waals surface area contributed by atoms with Gasteiger partial charge in [-0.1, -0.05) is 6.92 Å². The van der Waals surface area contributed by atoms with E-state index in [2.05, 4.69) is 13.2 Å². The number of hydrogen-bond donors (Lipinski definition) is 0. The fraction of sp³-hybridized carbons (Fsp3) is 1.00. The maximum atomic E-state index is 2.36. The van der Waals surface area contributed by atoms with Crippen LogP contribution in [0.4, 0.5) is 0 Å². The SMILES string of the molecule is CSCC1(C)CC1. The molecule has 0 heterocycles. The summed E-state index contributed by atoms with van der Waals surface area (Å²) in [5.41, 5.74) is 0.763. The van der Waals surface area contributed by atoms with Gasteiger partial charge in [-0.25, -0.2) is 0 Å². The first kappa shape index (κ1) is 5.49. The summed E-state index contributed by atoms with van der Waals surface area (Å²) >= 11 is 1.97. The Morgan fingerprint density at radius 2 is 2.14 bits per heavy atom. The summed E-state index contributed by atoms with van der Waals surface area (Å²) in [4.78, 5) is 0. The molecule has 42 valence electrons. The van der Waals surface area contributed by atoms with Crippen LogP contribution in [0.3, 0.4) is 0 Å². The third-order valence-electron chi connectivity index (χ3n) is 1.60. The Labute approximate surface area is 49.7 Å². The molecule has 0 unspecified atom stereocenters. The van der Waals surface area contributed by atoms with Gasteiger partial charge in [0.2, 0.25) is 0 Å². The fourth-order valence-electron chi connectivity index (χ4n) is 0.706. The molecule has 1 heteroatoms. The molecule has 1 fully saturated rings. The Kier molecular flexibility index (Phi) is 1.33. The maximum Gasteiger partial charge on any atom is -0.00162 e. The van der Waals surface area contributed by atoms with E-state index in [-0.39, 0.29) is 0 Å². The highest BCUT2D eigenvalue weighted by atomic mass is 32.2. The standard InChI is InChI=1S/C6H12S/c1-6(3-4-6)5-7-2/h3-5H2,1-2H3. The molecular weight excluding hydrogens is 104 g/mol. The van der Waals surface area contributed by atoms with Crippen LogP contribution in [0, 0.1) is 5.41 Å². The van der Waals surface area contributed by atoms with Crippen molar-refractivity contribution in [3.63, 3.8) is 0 Å². The van der Waals surface area contributed by atoms with Gasteiger partial charge in [0.05, 0.1) is 0 Å². The van der Waals surface area contributed by atoms with Gasteiger partial charge in [-0.3, -0.25) is 0 Å². The van der Waals surface area contributed by atoms with Gasteiger partial charge < -0.3 is 0 Å². The molecule has 0 atom stereocenters. The van der Waals surface area contributed by atoms with Crippen LogP contribution >= 0.6 is 11.8 Å². The summed E-state index contributed by atoms with van der Waals surface area (Å²) < 4.78 is 0. The van der Waals surface area contributed by atoms with Crippen molar-refractivity contribution in [3.05, 3.63) is 0 Å². The molecule has 1 aliphatic carbocycles. The molecule has 0 aromatic heterocycles. The molecule has 0 radical (unpaired) electrons. The predicted molar refractivity (Wildman–Crippen MR) is 35.7 cm³/mol. The van der Waals surface area contributed by atoms with E-state index in [1.165, 1.54) is 18.6 Å². The lowest BCUT2D eigenvalue weighted by atomic mass is 10.2. The van der Waals surface area contributed by atoms with E-state index >= 15 is 0 Å². The largest absolute Gasteiger partial charge is 0.165 e. The molecule has 1 saturated carbocycles. The van der Waals surface area contributed by atoms with Crippen molar-refractivity contribution >= 4 is 11.8 Å². The second-order valence-electron chi connectivity index (χ2n) is 2.74. The van der Waals surface area contributed by atoms with Gasteiger partial charge in [0.1, 0.15) is 0 Å². The van der Waals surface area contributed by atoms with E-state index in [1.807, 2.05) is 11.8 Å². The minimum atomic E-state index is 0.763. The molecule has 0 spiro atoms. The van der Waals surface area contributed by atoms with E-state index in [4.69, 9.17) is 0 Å². The first-order chi connectivity index (χ1) is 3.27. The summed E-state index contributed by atoms with van der Waals surface area (Å²) in [6, 6.07) is 0. The van der Waals surface area contributed by atoms with E-state index in [0.29, 0.717) is 0 Å². The van der Waals surface area contributed by atoms with E-state index < -0.39 is 0 Å². The van der Waals surface area contributed by atoms with Crippen LogP contribution in [0.15, 0.2) is 0 Å². The quantitative estimate of drug-likeness (QED) is 0.532. The minimum Gasteiger partial charge on any atom is -0.165 e. The van der Waals surface area contributed by atoms with E-state index in [0.717, 1.165) is 5.41 Å². The van der Waals surface area contributed by atoms with Crippen molar-refractivity contribution in [2.45, 2.75) is 19.8 Å². The first-order valence-corrected chi connectivity index (χ1v) is 4.15. The van der Waals surface area contributed by atoms with Crippen molar-refractivity contribution < 1.29 is 0 Å². The van der Waals surface area contributed by atoms with Crippen molar-refractivity contribution in [3.8, 4) is 0 Å². The zero-order chi connectivity index (χ0) is 5.33. The summed E-state index contributed by atoms with van der Waals surface area (Å²) in [5, 5.41) is 0. The van der Waals surface area contributed by atoms with Crippen LogP contribution in [0.25, 0.3) is 0 Å². The zero-order valence-corrected chi connectivity index (χ0v) is 5.85. The Balaban J connectivity index is 2.13. The minimum absolute atomic E-state index is 0.763. The fourth-order valence-corrected chi connectivity index (χ4v) is 1.69. The third-order valence-corrected chi connectivity index (χ3v) is 2.58. The molecule has 0 amide bonds. The van der Waals surface area contributed by atoms with Crippen LogP contribution in [0.1, 0.15) is 19.8 Å². The lowest BCUT2D eigenvalue weighted by Crippen LogP contribution is -1.94. The van der Waals surface area contributed by atoms with Gasteiger partial charge >= 0.3 is 0 Å². The lowest BCUT2D eigenvalue weighted by molar-refractivity contribution is 0.667. The first-order valence-electron chi connectivity index (χ1n) is 2.76. The highest BCUT2D eigenvalue weighted by molar-refractivity contribution is 7.98. The Hall–Kier alpha value is 0.350. The Morgan fingerprint density at radius 3 is 2.29 bits per heavy atom. The number of rotatable bonds is 2. The second kappa shape index (κ2) is 1.70. The molecule has 1 rings (SSSR count). The lowest BCUT2D eigenvalue weighted by Gasteiger charge is -2.01. The number of hydrogen-bond acceptors (Lipinski definition) is 1. The molecule has 0 bridgehead atoms. The number of thioether (sulfide) groups is 1. The average molecular weight is 116 g/mol. The van der Waals surface area contributed by atoms with Crippen molar-refractivity contribution in [2.75, 3.05) is 12.0 Å². The molecule has 0 aromatic rings. The van der Waals surface area contributed by atoms with Crippen molar-refractivity contribution in [2.24, 2.45) is 5.41 Å². The molecule has 0 saturated heterocycles. The van der Waals surface area contributed by atoms with Gasteiger partial charge in [0.15, 0.2) is 0 Å². The summed E-state index contributed by atoms with van der Waals surface area (Å²) in [6.45, 7) is 2.36. The monoisotopic (exact) mass is 116 g/mol. The molecule has 0 nitrogen and oxygen atoms in total. The van der Waals surface area contributed by atoms with Crippen LogP contribution in [-0.2, 0) is 0 Å². The molecule has 0 aliphatic heterocycles. The molecule has 0 aromatic carbocycles. The van der Waals surface area contributed by atoms with E-state index in [1.54, 1.807) is 0 Å². The zero-order valence-electron chi connectivity index (χ0n) is 5.03. The predicted octanol–water partition coefficient (Wildman–Crippen LogP) is 2.15. The molecule has 1 aliphatic rings. The summed E-state index contributed by atoms with van der Waals surface area (Å²) in [7, 11) is 0. The Morgan fingerprint density at radius 1 is 1.57 bits per heavy atom. The molecular formula is C6H12S. The van der Waals surface area contributed by atoms with Crippen molar-refractivity contribution in [1.82, 2.24) is 0 Å². The molecule has 0 N–H and O–H groups in total. The highest BCUT2D eigenvalue weighted by Crippen LogP contribution is 2.46. The van der Waals surface area contributed by atoms with Crippen LogP contribution in [0.2, 0.25) is 0 Å². The molecule has 7 heavy (non-hydrogen) atoms. The maximum absolute atomic E-state index is 2.36. The van der Waals surface area contributed by atoms with Gasteiger partial charge in [-0.2, -0.15) is 11.8 Å². The smallest absolute Gasteiger partial charge is 0.00162 e. The third kappa shape index (κ3) is 1.37. The summed E-state index contributed by atoms with van der Waals surface area (Å²) in [6.07, 6.45) is 5.12. The second-order valence-corrected chi connectivity index (χ2v) is 3.61. The van der Waals surface area contributed by atoms with Crippen LogP contribution < -0.4 is 0 Å².